The maximum atomic E-state index is 12.2. The number of hydrogen-bond acceptors (Lipinski definition) is 3. The van der Waals surface area contributed by atoms with E-state index in [0.717, 1.165) is 25.8 Å². The van der Waals surface area contributed by atoms with E-state index in [2.05, 4.69) is 4.72 Å². The molecule has 3 rings (SSSR count). The fourth-order valence-electron chi connectivity index (χ4n) is 2.94. The second-order valence-electron chi connectivity index (χ2n) is 4.78. The van der Waals surface area contributed by atoms with Crippen LogP contribution in [0.1, 0.15) is 25.7 Å². The van der Waals surface area contributed by atoms with Crippen LogP contribution in [0.5, 0.6) is 0 Å². The van der Waals surface area contributed by atoms with Gasteiger partial charge >= 0.3 is 0 Å². The number of carbonyl (C=O) groups is 2. The molecule has 0 saturated carbocycles. The third kappa shape index (κ3) is 1.77. The van der Waals surface area contributed by atoms with Crippen LogP contribution in [0.25, 0.3) is 0 Å². The van der Waals surface area contributed by atoms with Crippen LogP contribution in [0.2, 0.25) is 0 Å². The summed E-state index contributed by atoms with van der Waals surface area (Å²) in [7, 11) is 0. The van der Waals surface area contributed by atoms with Gasteiger partial charge in [-0.2, -0.15) is 4.31 Å². The zero-order valence-corrected chi connectivity index (χ0v) is 10.2. The summed E-state index contributed by atoms with van der Waals surface area (Å²) < 4.78 is 15.5. The van der Waals surface area contributed by atoms with Crippen LogP contribution in [-0.4, -0.2) is 50.4 Å². The monoisotopic (exact) mass is 257 g/mol. The second kappa shape index (κ2) is 4.06. The Kier molecular flexibility index (Phi) is 2.67. The molecule has 3 saturated heterocycles. The molecular formula is C10H15N3O3S. The quantitative estimate of drug-likeness (QED) is 0.665. The fraction of sp³-hybridized carbons (Fsp3) is 0.800. The molecule has 0 radical (unpaired) electrons. The van der Waals surface area contributed by atoms with Crippen LogP contribution in [-0.2, 0) is 20.8 Å². The molecule has 1 N–H and O–H groups in total. The van der Waals surface area contributed by atoms with E-state index < -0.39 is 11.2 Å². The first-order valence-corrected chi connectivity index (χ1v) is 7.06. The van der Waals surface area contributed by atoms with Crippen LogP contribution in [0, 0.1) is 0 Å². The Bertz CT molecular complexity index is 400. The largest absolute Gasteiger partial charge is 0.338 e. The summed E-state index contributed by atoms with van der Waals surface area (Å²) in [5, 5.41) is 0. The smallest absolute Gasteiger partial charge is 0.247 e. The maximum Gasteiger partial charge on any atom is 0.247 e. The van der Waals surface area contributed by atoms with Crippen molar-refractivity contribution in [1.82, 2.24) is 13.9 Å². The highest BCUT2D eigenvalue weighted by Crippen LogP contribution is 2.31. The molecule has 7 heteroatoms. The van der Waals surface area contributed by atoms with E-state index in [0.29, 0.717) is 6.42 Å². The molecule has 3 unspecified atom stereocenters. The number of fused-ring (bicyclic) bond motifs is 1. The second-order valence-corrected chi connectivity index (χ2v) is 5.95. The van der Waals surface area contributed by atoms with Crippen molar-refractivity contribution in [2.24, 2.45) is 0 Å². The number of rotatable bonds is 1. The van der Waals surface area contributed by atoms with Gasteiger partial charge < -0.3 is 4.90 Å². The average Bonchev–Trinajstić information content (AvgIpc) is 2.80. The fourth-order valence-corrected chi connectivity index (χ4v) is 3.96. The van der Waals surface area contributed by atoms with Gasteiger partial charge in [0.15, 0.2) is 11.2 Å². The highest BCUT2D eigenvalue weighted by Gasteiger charge is 2.47. The number of nitrogens with one attached hydrogen (secondary N) is 1. The van der Waals surface area contributed by atoms with Gasteiger partial charge in [0.25, 0.3) is 0 Å². The highest BCUT2D eigenvalue weighted by molar-refractivity contribution is 7.81. The minimum Gasteiger partial charge on any atom is -0.338 e. The molecule has 2 amide bonds. The molecule has 3 atom stereocenters. The van der Waals surface area contributed by atoms with E-state index in [9.17, 15) is 13.8 Å². The van der Waals surface area contributed by atoms with Crippen LogP contribution < -0.4 is 4.72 Å². The third-order valence-corrected chi connectivity index (χ3v) is 4.96. The molecule has 6 nitrogen and oxygen atoms in total. The first-order valence-electron chi connectivity index (χ1n) is 5.95. The molecule has 3 heterocycles. The number of amides is 2. The first-order chi connectivity index (χ1) is 8.16. The molecule has 0 aromatic rings. The van der Waals surface area contributed by atoms with Gasteiger partial charge in [0.05, 0.1) is 6.54 Å². The van der Waals surface area contributed by atoms with Crippen molar-refractivity contribution >= 4 is 23.0 Å². The molecule has 0 bridgehead atoms. The Labute approximate surface area is 102 Å². The molecule has 0 spiro atoms. The molecule has 3 aliphatic rings. The van der Waals surface area contributed by atoms with E-state index in [-0.39, 0.29) is 30.4 Å². The van der Waals surface area contributed by atoms with Gasteiger partial charge in [0.1, 0.15) is 6.04 Å². The zero-order valence-electron chi connectivity index (χ0n) is 9.42. The summed E-state index contributed by atoms with van der Waals surface area (Å²) in [4.78, 5) is 25.3. The van der Waals surface area contributed by atoms with Gasteiger partial charge in [-0.05, 0) is 25.7 Å². The summed E-state index contributed by atoms with van der Waals surface area (Å²) in [6.07, 6.45) is 3.94. The predicted octanol–water partition coefficient (Wildman–Crippen LogP) is -0.850. The number of carbonyl (C=O) groups excluding carboxylic acids is 2. The molecule has 94 valence electrons. The standard InChI is InChI=1S/C10H15N3O3S/c14-9-6-13(17(16)11-9)8-5-7-3-1-2-4-12(7)10(8)15/h7-8H,1-6H2,(H,11,14). The van der Waals surface area contributed by atoms with Gasteiger partial charge in [0.2, 0.25) is 11.8 Å². The number of piperidine rings is 1. The lowest BCUT2D eigenvalue weighted by molar-refractivity contribution is -0.132. The molecule has 3 fully saturated rings. The van der Waals surface area contributed by atoms with Gasteiger partial charge in [-0.1, -0.05) is 0 Å². The van der Waals surface area contributed by atoms with E-state index >= 15 is 0 Å². The van der Waals surface area contributed by atoms with Crippen LogP contribution in [0.15, 0.2) is 0 Å². The first kappa shape index (κ1) is 11.2. The van der Waals surface area contributed by atoms with Crippen LogP contribution >= 0.6 is 0 Å². The van der Waals surface area contributed by atoms with Crippen molar-refractivity contribution in [3.05, 3.63) is 0 Å². The Hall–Kier alpha value is -0.950. The summed E-state index contributed by atoms with van der Waals surface area (Å²) in [6, 6.07) is -0.0909. The van der Waals surface area contributed by atoms with Gasteiger partial charge in [-0.15, -0.1) is 0 Å². The van der Waals surface area contributed by atoms with Crippen molar-refractivity contribution in [3.63, 3.8) is 0 Å². The Morgan fingerprint density at radius 1 is 1.29 bits per heavy atom. The van der Waals surface area contributed by atoms with Crippen LogP contribution in [0.4, 0.5) is 0 Å². The van der Waals surface area contributed by atoms with Gasteiger partial charge in [-0.3, -0.25) is 14.3 Å². The molecular weight excluding hydrogens is 242 g/mol. The number of hydrogen-bond donors (Lipinski definition) is 1. The van der Waals surface area contributed by atoms with Crippen molar-refractivity contribution in [1.29, 1.82) is 0 Å². The summed E-state index contributed by atoms with van der Waals surface area (Å²) in [6.45, 7) is 0.880. The number of nitrogens with zero attached hydrogens (tertiary/aromatic N) is 2. The average molecular weight is 257 g/mol. The minimum atomic E-state index is -1.53. The molecule has 3 aliphatic heterocycles. The van der Waals surface area contributed by atoms with Crippen molar-refractivity contribution in [2.45, 2.75) is 37.8 Å². The van der Waals surface area contributed by atoms with E-state index in [1.54, 1.807) is 0 Å². The lowest BCUT2D eigenvalue weighted by atomic mass is 10.0. The zero-order chi connectivity index (χ0) is 12.0. The van der Waals surface area contributed by atoms with Crippen molar-refractivity contribution in [3.8, 4) is 0 Å². The van der Waals surface area contributed by atoms with E-state index in [1.807, 2.05) is 4.90 Å². The lowest BCUT2D eigenvalue weighted by Crippen LogP contribution is -2.43. The third-order valence-electron chi connectivity index (χ3n) is 3.75. The Balaban J connectivity index is 1.78. The molecule has 0 aromatic carbocycles. The van der Waals surface area contributed by atoms with Crippen LogP contribution in [0.3, 0.4) is 0 Å². The minimum absolute atomic E-state index is 0.0413. The summed E-state index contributed by atoms with van der Waals surface area (Å²) >= 11 is -1.53. The normalized spacial score (nSPS) is 38.4. The molecule has 17 heavy (non-hydrogen) atoms. The molecule has 0 aliphatic carbocycles. The lowest BCUT2D eigenvalue weighted by Gasteiger charge is -2.29. The van der Waals surface area contributed by atoms with E-state index in [4.69, 9.17) is 0 Å². The summed E-state index contributed by atoms with van der Waals surface area (Å²) in [5.74, 6) is -0.222. The SMILES string of the molecule is O=C1CN(C2CC3CCCCN3C2=O)S(=O)N1. The highest BCUT2D eigenvalue weighted by atomic mass is 32.2. The predicted molar refractivity (Wildman–Crippen MR) is 60.7 cm³/mol. The van der Waals surface area contributed by atoms with E-state index in [1.165, 1.54) is 4.31 Å². The van der Waals surface area contributed by atoms with Gasteiger partial charge in [0, 0.05) is 12.6 Å². The Morgan fingerprint density at radius 2 is 2.12 bits per heavy atom. The Morgan fingerprint density at radius 3 is 2.76 bits per heavy atom. The topological polar surface area (TPSA) is 69.7 Å². The molecule has 0 aromatic heterocycles. The summed E-state index contributed by atoms with van der Waals surface area (Å²) in [5.41, 5.74) is 0. The van der Waals surface area contributed by atoms with Crippen molar-refractivity contribution < 1.29 is 13.8 Å². The maximum absolute atomic E-state index is 12.2. The van der Waals surface area contributed by atoms with Gasteiger partial charge in [-0.25, -0.2) is 4.21 Å². The van der Waals surface area contributed by atoms with Crippen molar-refractivity contribution in [2.75, 3.05) is 13.1 Å².